The Labute approximate surface area is 168 Å². The van der Waals surface area contributed by atoms with Crippen LogP contribution in [0.4, 0.5) is 0 Å². The van der Waals surface area contributed by atoms with Crippen LogP contribution >= 0.6 is 11.6 Å². The Hall–Kier alpha value is -2.98. The Kier molecular flexibility index (Phi) is 4.73. The molecule has 1 aliphatic heterocycles. The molecule has 5 heteroatoms. The third-order valence-electron chi connectivity index (χ3n) is 5.16. The molecule has 2 unspecified atom stereocenters. The number of primary amides is 1. The van der Waals surface area contributed by atoms with Crippen LogP contribution in [0.15, 0.2) is 60.7 Å². The van der Waals surface area contributed by atoms with E-state index in [9.17, 15) is 4.79 Å². The maximum absolute atomic E-state index is 11.7. The number of ether oxygens (including phenoxy) is 2. The number of methoxy groups -OCH3 is 1. The summed E-state index contributed by atoms with van der Waals surface area (Å²) in [6.45, 7) is 1.80. The number of benzene rings is 3. The second kappa shape index (κ2) is 7.21. The van der Waals surface area contributed by atoms with Crippen molar-refractivity contribution in [2.75, 3.05) is 7.11 Å². The lowest BCUT2D eigenvalue weighted by Gasteiger charge is -2.31. The first-order chi connectivity index (χ1) is 13.5. The summed E-state index contributed by atoms with van der Waals surface area (Å²) >= 11 is 6.23. The van der Waals surface area contributed by atoms with E-state index in [1.165, 1.54) is 0 Å². The van der Waals surface area contributed by atoms with Gasteiger partial charge in [-0.2, -0.15) is 0 Å². The van der Waals surface area contributed by atoms with Crippen molar-refractivity contribution in [3.63, 3.8) is 0 Å². The first-order valence-corrected chi connectivity index (χ1v) is 9.40. The van der Waals surface area contributed by atoms with Crippen LogP contribution in [0.3, 0.4) is 0 Å². The Balaban J connectivity index is 1.95. The summed E-state index contributed by atoms with van der Waals surface area (Å²) in [5.74, 6) is 0.713. The van der Waals surface area contributed by atoms with Gasteiger partial charge in [-0.05, 0) is 47.9 Å². The molecule has 1 heterocycles. The van der Waals surface area contributed by atoms with Crippen molar-refractivity contribution in [1.29, 1.82) is 0 Å². The standard InChI is InChI=1S/C23H20ClNO3/c1-13(23(25)26)14-9-10-17-18(12-14)22(15-5-3-6-16(24)11-15)28-20-8-4-7-19(27-2)21(17)20/h3-13,22H,1-2H3,(H2,25,26). The van der Waals surface area contributed by atoms with E-state index in [2.05, 4.69) is 0 Å². The van der Waals surface area contributed by atoms with Gasteiger partial charge < -0.3 is 15.2 Å². The van der Waals surface area contributed by atoms with Gasteiger partial charge in [-0.25, -0.2) is 0 Å². The lowest BCUT2D eigenvalue weighted by Crippen LogP contribution is -2.20. The van der Waals surface area contributed by atoms with Crippen molar-refractivity contribution < 1.29 is 14.3 Å². The molecule has 142 valence electrons. The molecule has 4 rings (SSSR count). The van der Waals surface area contributed by atoms with E-state index in [0.717, 1.165) is 39.3 Å². The number of carbonyl (C=O) groups excluding carboxylic acids is 1. The van der Waals surface area contributed by atoms with Crippen molar-refractivity contribution in [3.05, 3.63) is 82.4 Å². The zero-order chi connectivity index (χ0) is 19.8. The topological polar surface area (TPSA) is 61.5 Å². The molecule has 2 N–H and O–H groups in total. The van der Waals surface area contributed by atoms with E-state index < -0.39 is 5.92 Å². The van der Waals surface area contributed by atoms with Crippen LogP contribution in [-0.2, 0) is 4.79 Å². The molecule has 0 fully saturated rings. The van der Waals surface area contributed by atoms with Crippen molar-refractivity contribution in [1.82, 2.24) is 0 Å². The smallest absolute Gasteiger partial charge is 0.224 e. The fourth-order valence-electron chi connectivity index (χ4n) is 3.61. The maximum Gasteiger partial charge on any atom is 0.224 e. The molecule has 2 atom stereocenters. The van der Waals surface area contributed by atoms with Crippen molar-refractivity contribution in [2.24, 2.45) is 5.73 Å². The molecule has 4 nitrogen and oxygen atoms in total. The highest BCUT2D eigenvalue weighted by molar-refractivity contribution is 6.30. The molecular weight excluding hydrogens is 374 g/mol. The molecule has 0 bridgehead atoms. The predicted molar refractivity (Wildman–Crippen MR) is 110 cm³/mol. The summed E-state index contributed by atoms with van der Waals surface area (Å²) in [7, 11) is 1.64. The molecule has 1 aliphatic rings. The molecule has 0 aromatic heterocycles. The van der Waals surface area contributed by atoms with Crippen LogP contribution in [0.25, 0.3) is 11.1 Å². The van der Waals surface area contributed by atoms with Crippen LogP contribution in [0.1, 0.15) is 35.6 Å². The van der Waals surface area contributed by atoms with Gasteiger partial charge in [0.25, 0.3) is 0 Å². The number of rotatable bonds is 4. The van der Waals surface area contributed by atoms with Gasteiger partial charge in [0.15, 0.2) is 0 Å². The molecule has 0 spiro atoms. The van der Waals surface area contributed by atoms with Gasteiger partial charge in [0.05, 0.1) is 18.6 Å². The number of nitrogens with two attached hydrogens (primary N) is 1. The lowest BCUT2D eigenvalue weighted by molar-refractivity contribution is -0.119. The fourth-order valence-corrected chi connectivity index (χ4v) is 3.81. The molecule has 0 aliphatic carbocycles. The highest BCUT2D eigenvalue weighted by Crippen LogP contribution is 2.49. The third kappa shape index (κ3) is 3.10. The minimum Gasteiger partial charge on any atom is -0.496 e. The van der Waals surface area contributed by atoms with Crippen LogP contribution in [0.2, 0.25) is 5.02 Å². The Bertz CT molecular complexity index is 1060. The number of hydrogen-bond donors (Lipinski definition) is 1. The number of hydrogen-bond acceptors (Lipinski definition) is 3. The molecule has 3 aromatic rings. The van der Waals surface area contributed by atoms with Gasteiger partial charge >= 0.3 is 0 Å². The molecule has 1 amide bonds. The van der Waals surface area contributed by atoms with E-state index >= 15 is 0 Å². The van der Waals surface area contributed by atoms with Gasteiger partial charge in [0, 0.05) is 10.6 Å². The number of carbonyl (C=O) groups is 1. The average Bonchev–Trinajstić information content (AvgIpc) is 2.71. The third-order valence-corrected chi connectivity index (χ3v) is 5.39. The second-order valence-electron chi connectivity index (χ2n) is 6.86. The van der Waals surface area contributed by atoms with Crippen LogP contribution in [-0.4, -0.2) is 13.0 Å². The molecule has 28 heavy (non-hydrogen) atoms. The van der Waals surface area contributed by atoms with E-state index in [0.29, 0.717) is 5.02 Å². The maximum atomic E-state index is 11.7. The molecular formula is C23H20ClNO3. The minimum atomic E-state index is -0.399. The summed E-state index contributed by atoms with van der Waals surface area (Å²) in [5, 5.41) is 0.640. The molecule has 3 aromatic carbocycles. The number of amides is 1. The van der Waals surface area contributed by atoms with E-state index in [1.54, 1.807) is 14.0 Å². The van der Waals surface area contributed by atoms with Crippen LogP contribution < -0.4 is 15.2 Å². The van der Waals surface area contributed by atoms with Crippen LogP contribution in [0, 0.1) is 0 Å². The fraction of sp³-hybridized carbons (Fsp3) is 0.174. The predicted octanol–water partition coefficient (Wildman–Crippen LogP) is 5.09. The first-order valence-electron chi connectivity index (χ1n) is 9.02. The van der Waals surface area contributed by atoms with Gasteiger partial charge in [0.1, 0.15) is 17.6 Å². The zero-order valence-electron chi connectivity index (χ0n) is 15.6. The quantitative estimate of drug-likeness (QED) is 0.671. The molecule has 0 radical (unpaired) electrons. The summed E-state index contributed by atoms with van der Waals surface area (Å²) in [6.07, 6.45) is -0.353. The van der Waals surface area contributed by atoms with E-state index in [1.807, 2.05) is 60.7 Å². The summed E-state index contributed by atoms with van der Waals surface area (Å²) in [4.78, 5) is 11.7. The van der Waals surface area contributed by atoms with Crippen molar-refractivity contribution in [2.45, 2.75) is 18.9 Å². The zero-order valence-corrected chi connectivity index (χ0v) is 16.4. The largest absolute Gasteiger partial charge is 0.496 e. The summed E-state index contributed by atoms with van der Waals surface area (Å²) in [6, 6.07) is 19.3. The Morgan fingerprint density at radius 2 is 1.93 bits per heavy atom. The lowest BCUT2D eigenvalue weighted by atomic mass is 9.86. The Morgan fingerprint density at radius 3 is 2.64 bits per heavy atom. The first kappa shape index (κ1) is 18.4. The highest BCUT2D eigenvalue weighted by atomic mass is 35.5. The van der Waals surface area contributed by atoms with E-state index in [-0.39, 0.29) is 12.0 Å². The summed E-state index contributed by atoms with van der Waals surface area (Å²) < 4.78 is 12.0. The van der Waals surface area contributed by atoms with Gasteiger partial charge in [-0.15, -0.1) is 0 Å². The second-order valence-corrected chi connectivity index (χ2v) is 7.29. The summed E-state index contributed by atoms with van der Waals surface area (Å²) in [5.41, 5.74) is 10.2. The Morgan fingerprint density at radius 1 is 1.14 bits per heavy atom. The van der Waals surface area contributed by atoms with E-state index in [4.69, 9.17) is 26.8 Å². The number of fused-ring (bicyclic) bond motifs is 3. The van der Waals surface area contributed by atoms with Gasteiger partial charge in [0.2, 0.25) is 5.91 Å². The van der Waals surface area contributed by atoms with Gasteiger partial charge in [-0.1, -0.05) is 48.0 Å². The normalized spacial score (nSPS) is 15.8. The number of halogens is 1. The van der Waals surface area contributed by atoms with Crippen molar-refractivity contribution in [3.8, 4) is 22.6 Å². The SMILES string of the molecule is COc1cccc2c1-c1ccc(C(C)C(N)=O)cc1C(c1cccc(Cl)c1)O2. The monoisotopic (exact) mass is 393 g/mol. The molecule has 0 saturated heterocycles. The minimum absolute atomic E-state index is 0.353. The van der Waals surface area contributed by atoms with Crippen LogP contribution in [0.5, 0.6) is 11.5 Å². The highest BCUT2D eigenvalue weighted by Gasteiger charge is 2.30. The average molecular weight is 394 g/mol. The molecule has 0 saturated carbocycles. The van der Waals surface area contributed by atoms with Gasteiger partial charge in [-0.3, -0.25) is 4.79 Å². The van der Waals surface area contributed by atoms with Crippen molar-refractivity contribution >= 4 is 17.5 Å².